The Labute approximate surface area is 154 Å². The lowest BCUT2D eigenvalue weighted by Crippen LogP contribution is -2.21. The molecule has 0 unspecified atom stereocenters. The molecule has 1 fully saturated rings. The summed E-state index contributed by atoms with van der Waals surface area (Å²) in [5, 5.41) is 10.8. The van der Waals surface area contributed by atoms with Gasteiger partial charge in [-0.2, -0.15) is 0 Å². The first-order chi connectivity index (χ1) is 11.3. The molecule has 5 heteroatoms. The second kappa shape index (κ2) is 6.62. The van der Waals surface area contributed by atoms with Crippen molar-refractivity contribution in [2.24, 2.45) is 0 Å². The predicted octanol–water partition coefficient (Wildman–Crippen LogP) is 5.72. The molecule has 25 heavy (non-hydrogen) atoms. The monoisotopic (exact) mass is 367 g/mol. The third-order valence-electron chi connectivity index (χ3n) is 4.75. The van der Waals surface area contributed by atoms with Crippen LogP contribution in [0.2, 0.25) is 0 Å². The maximum absolute atomic E-state index is 10.8. The normalized spacial score (nSPS) is 21.7. The van der Waals surface area contributed by atoms with Gasteiger partial charge in [-0.05, 0) is 34.6 Å². The third kappa shape index (κ3) is 4.05. The van der Waals surface area contributed by atoms with Gasteiger partial charge in [-0.1, -0.05) is 48.5 Å². The van der Waals surface area contributed by atoms with E-state index < -0.39 is 10.8 Å². The van der Waals surface area contributed by atoms with Crippen LogP contribution in [0.15, 0.2) is 17.0 Å². The van der Waals surface area contributed by atoms with Gasteiger partial charge in [-0.15, -0.1) is 10.8 Å². The number of phenols is 1. The van der Waals surface area contributed by atoms with Crippen molar-refractivity contribution in [3.05, 3.63) is 33.7 Å². The van der Waals surface area contributed by atoms with Crippen LogP contribution in [-0.2, 0) is 10.8 Å². The van der Waals surface area contributed by atoms with Crippen molar-refractivity contribution in [1.82, 2.24) is 4.31 Å². The number of nitrogens with zero attached hydrogens (tertiary/aromatic N) is 1. The van der Waals surface area contributed by atoms with E-state index in [0.29, 0.717) is 30.2 Å². The Morgan fingerprint density at radius 3 is 1.88 bits per heavy atom. The molecule has 0 spiro atoms. The van der Waals surface area contributed by atoms with E-state index in [1.54, 1.807) is 4.31 Å². The zero-order valence-corrected chi connectivity index (χ0v) is 17.4. The summed E-state index contributed by atoms with van der Waals surface area (Å²) in [5.41, 5.74) is 2.28. The van der Waals surface area contributed by atoms with E-state index in [4.69, 9.17) is 0 Å². The summed E-state index contributed by atoms with van der Waals surface area (Å²) in [4.78, 5) is 0.680. The fourth-order valence-electron chi connectivity index (χ4n) is 3.22. The maximum Gasteiger partial charge on any atom is 0.123 e. The highest BCUT2D eigenvalue weighted by Crippen LogP contribution is 2.58. The van der Waals surface area contributed by atoms with Crippen molar-refractivity contribution < 1.29 is 14.2 Å². The van der Waals surface area contributed by atoms with Gasteiger partial charge in [0, 0.05) is 30.6 Å². The highest BCUT2D eigenvalue weighted by atomic mass is 32.3. The number of rotatable bonds is 2. The molecule has 0 aromatic heterocycles. The Morgan fingerprint density at radius 2 is 1.52 bits per heavy atom. The molecule has 0 radical (unpaired) electrons. The lowest BCUT2D eigenvalue weighted by Gasteiger charge is -2.37. The molecule has 1 aromatic carbocycles. The van der Waals surface area contributed by atoms with Crippen molar-refractivity contribution in [2.45, 2.75) is 65.7 Å². The summed E-state index contributed by atoms with van der Waals surface area (Å²) >= 11 is 0. The first-order valence-corrected chi connectivity index (χ1v) is 10.4. The summed E-state index contributed by atoms with van der Waals surface area (Å²) in [6.45, 7) is 15.7. The molecule has 0 bridgehead atoms. The minimum Gasteiger partial charge on any atom is -0.507 e. The lowest BCUT2D eigenvalue weighted by molar-refractivity contribution is 0.390. The van der Waals surface area contributed by atoms with Crippen molar-refractivity contribution in [1.29, 1.82) is 0 Å². The van der Waals surface area contributed by atoms with Crippen LogP contribution in [0.1, 0.15) is 71.6 Å². The highest BCUT2D eigenvalue weighted by Gasteiger charge is 2.33. The van der Waals surface area contributed by atoms with Gasteiger partial charge in [0.2, 0.25) is 0 Å². The van der Waals surface area contributed by atoms with Crippen molar-refractivity contribution in [2.75, 3.05) is 13.1 Å². The molecule has 1 heterocycles. The molecule has 0 amide bonds. The van der Waals surface area contributed by atoms with Crippen LogP contribution in [-0.4, -0.2) is 31.6 Å². The largest absolute Gasteiger partial charge is 0.507 e. The SMILES string of the molecule is CCN1CC/C(=C\c2cc(C(C)(C)C)c(O)c(C(C)(C)C)c2)S1(O)O. The average Bonchev–Trinajstić information content (AvgIpc) is 2.72. The molecule has 4 nitrogen and oxygen atoms in total. The van der Waals surface area contributed by atoms with Crippen LogP contribution in [0.5, 0.6) is 5.75 Å². The predicted molar refractivity (Wildman–Crippen MR) is 108 cm³/mol. The summed E-state index contributed by atoms with van der Waals surface area (Å²) in [7, 11) is -2.85. The zero-order chi connectivity index (χ0) is 19.2. The topological polar surface area (TPSA) is 63.9 Å². The van der Waals surface area contributed by atoms with E-state index in [9.17, 15) is 14.2 Å². The third-order valence-corrected chi connectivity index (χ3v) is 6.93. The van der Waals surface area contributed by atoms with Gasteiger partial charge >= 0.3 is 0 Å². The molecule has 142 valence electrons. The van der Waals surface area contributed by atoms with E-state index in [0.717, 1.165) is 16.7 Å². The quantitative estimate of drug-likeness (QED) is 0.625. The number of hydrogen-bond acceptors (Lipinski definition) is 4. The van der Waals surface area contributed by atoms with Gasteiger partial charge in [0.25, 0.3) is 0 Å². The van der Waals surface area contributed by atoms with Gasteiger partial charge in [0.05, 0.1) is 4.91 Å². The fraction of sp³-hybridized carbons (Fsp3) is 0.600. The molecule has 1 saturated heterocycles. The summed E-state index contributed by atoms with van der Waals surface area (Å²) in [5.74, 6) is 0.343. The molecule has 1 aliphatic heterocycles. The van der Waals surface area contributed by atoms with Gasteiger partial charge in [0.15, 0.2) is 0 Å². The van der Waals surface area contributed by atoms with E-state index in [-0.39, 0.29) is 10.8 Å². The van der Waals surface area contributed by atoms with Gasteiger partial charge in [-0.3, -0.25) is 9.11 Å². The van der Waals surface area contributed by atoms with E-state index in [2.05, 4.69) is 41.5 Å². The Kier molecular flexibility index (Phi) is 5.37. The van der Waals surface area contributed by atoms with E-state index in [1.807, 2.05) is 25.1 Å². The van der Waals surface area contributed by atoms with Crippen LogP contribution in [0.25, 0.3) is 6.08 Å². The highest BCUT2D eigenvalue weighted by molar-refractivity contribution is 8.25. The minimum absolute atomic E-state index is 0.202. The fourth-order valence-corrected chi connectivity index (χ4v) is 4.92. The standard InChI is InChI=1S/C20H33NO3S/c1-8-21-10-9-15(25(21,23)24)11-14-12-16(19(2,3)4)18(22)17(13-14)20(5,6)7/h11-13,22-24H,8-10H2,1-7H3/b15-11+. The smallest absolute Gasteiger partial charge is 0.123 e. The van der Waals surface area contributed by atoms with Crippen LogP contribution in [0.4, 0.5) is 0 Å². The number of aromatic hydroxyl groups is 1. The molecule has 3 N–H and O–H groups in total. The molecule has 1 aromatic rings. The number of hydrogen-bond donors (Lipinski definition) is 3. The van der Waals surface area contributed by atoms with Crippen LogP contribution in [0.3, 0.4) is 0 Å². The summed E-state index contributed by atoms with van der Waals surface area (Å²) < 4.78 is 22.8. The first kappa shape index (κ1) is 20.3. The van der Waals surface area contributed by atoms with Crippen LogP contribution >= 0.6 is 10.8 Å². The molecule has 2 rings (SSSR count). The number of benzene rings is 1. The maximum atomic E-state index is 10.8. The van der Waals surface area contributed by atoms with Crippen LogP contribution < -0.4 is 0 Å². The summed E-state index contributed by atoms with van der Waals surface area (Å²) in [6.07, 6.45) is 2.56. The molecule has 0 saturated carbocycles. The van der Waals surface area contributed by atoms with Gasteiger partial charge in [0.1, 0.15) is 5.75 Å². The average molecular weight is 368 g/mol. The van der Waals surface area contributed by atoms with Crippen molar-refractivity contribution in [3.8, 4) is 5.75 Å². The molecule has 0 atom stereocenters. The Morgan fingerprint density at radius 1 is 1.04 bits per heavy atom. The first-order valence-electron chi connectivity index (χ1n) is 8.90. The van der Waals surface area contributed by atoms with Gasteiger partial charge < -0.3 is 5.11 Å². The Hall–Kier alpha value is -1.01. The second-order valence-electron chi connectivity index (χ2n) is 8.87. The molecular formula is C20H33NO3S. The second-order valence-corrected chi connectivity index (χ2v) is 10.9. The van der Waals surface area contributed by atoms with E-state index in [1.165, 1.54) is 0 Å². The Balaban J connectivity index is 2.62. The van der Waals surface area contributed by atoms with Crippen molar-refractivity contribution >= 4 is 16.9 Å². The minimum atomic E-state index is -2.85. The van der Waals surface area contributed by atoms with E-state index >= 15 is 0 Å². The summed E-state index contributed by atoms with van der Waals surface area (Å²) in [6, 6.07) is 3.95. The van der Waals surface area contributed by atoms with Gasteiger partial charge in [-0.25, -0.2) is 4.31 Å². The molecular weight excluding hydrogens is 334 g/mol. The van der Waals surface area contributed by atoms with Crippen LogP contribution in [0, 0.1) is 0 Å². The number of phenolic OH excluding ortho intramolecular Hbond substituents is 1. The Bertz CT molecular complexity index is 646. The zero-order valence-electron chi connectivity index (χ0n) is 16.6. The van der Waals surface area contributed by atoms with Crippen molar-refractivity contribution in [3.63, 3.8) is 0 Å². The molecule has 1 aliphatic rings. The molecule has 0 aliphatic carbocycles. The lowest BCUT2D eigenvalue weighted by atomic mass is 9.78.